The first-order valence-electron chi connectivity index (χ1n) is 12.2. The molecular formula is C27H34N2O8S2. The first kappa shape index (κ1) is 30.2. The van der Waals surface area contributed by atoms with Crippen molar-refractivity contribution in [2.45, 2.75) is 19.4 Å². The summed E-state index contributed by atoms with van der Waals surface area (Å²) in [5.41, 5.74) is 1.21. The Morgan fingerprint density at radius 2 is 1.59 bits per heavy atom. The summed E-state index contributed by atoms with van der Waals surface area (Å²) in [6.07, 6.45) is 1.31. The van der Waals surface area contributed by atoms with Crippen LogP contribution in [0.15, 0.2) is 30.3 Å². The Balaban J connectivity index is 1.82. The molecular weight excluding hydrogens is 544 g/mol. The molecule has 39 heavy (non-hydrogen) atoms. The minimum atomic E-state index is -0.212. The fraction of sp³-hybridized carbons (Fsp3) is 0.444. The van der Waals surface area contributed by atoms with E-state index in [9.17, 15) is 14.7 Å². The maximum absolute atomic E-state index is 13.6. The fourth-order valence-corrected chi connectivity index (χ4v) is 5.45. The van der Waals surface area contributed by atoms with E-state index in [1.54, 1.807) is 35.2 Å². The lowest BCUT2D eigenvalue weighted by molar-refractivity contribution is -0.146. The van der Waals surface area contributed by atoms with E-state index in [0.717, 1.165) is 0 Å². The molecule has 1 fully saturated rings. The molecule has 3 rings (SSSR count). The second-order valence-corrected chi connectivity index (χ2v) is 10.3. The van der Waals surface area contributed by atoms with Crippen molar-refractivity contribution in [3.05, 3.63) is 35.9 Å². The summed E-state index contributed by atoms with van der Waals surface area (Å²) < 4.78 is 27.0. The summed E-state index contributed by atoms with van der Waals surface area (Å²) in [7, 11) is 7.39. The molecule has 12 heteroatoms. The minimum absolute atomic E-state index is 0.0294. The lowest BCUT2D eigenvalue weighted by Gasteiger charge is -2.32. The highest BCUT2D eigenvalue weighted by Gasteiger charge is 2.28. The molecule has 212 valence electrons. The molecule has 1 aliphatic rings. The molecule has 0 aromatic heterocycles. The molecule has 1 aliphatic heterocycles. The quantitative estimate of drug-likeness (QED) is 0.328. The van der Waals surface area contributed by atoms with E-state index >= 15 is 0 Å². The number of thioether (sulfide) groups is 1. The van der Waals surface area contributed by atoms with Gasteiger partial charge in [-0.25, -0.2) is 0 Å². The number of carbonyl (C=O) groups is 2. The number of hydrogen-bond donors (Lipinski definition) is 1. The second-order valence-electron chi connectivity index (χ2n) is 8.71. The molecule has 0 atom stereocenters. The van der Waals surface area contributed by atoms with E-state index in [4.69, 9.17) is 35.9 Å². The highest BCUT2D eigenvalue weighted by Crippen LogP contribution is 2.41. The smallest absolute Gasteiger partial charge is 0.308 e. The zero-order valence-electron chi connectivity index (χ0n) is 22.7. The number of hydrogen-bond acceptors (Lipinski definition) is 10. The highest BCUT2D eigenvalue weighted by atomic mass is 32.2. The number of nitrogens with zero attached hydrogens (tertiary/aromatic N) is 2. The Bertz CT molecular complexity index is 1160. The molecule has 1 heterocycles. The molecule has 2 aromatic carbocycles. The number of methoxy groups -OCH3 is 5. The monoisotopic (exact) mass is 578 g/mol. The number of benzene rings is 2. The van der Waals surface area contributed by atoms with Crippen LogP contribution >= 0.6 is 24.0 Å². The normalized spacial score (nSPS) is 13.4. The number of piperidine rings is 1. The third-order valence-electron chi connectivity index (χ3n) is 6.45. The number of rotatable bonds is 10. The van der Waals surface area contributed by atoms with Gasteiger partial charge < -0.3 is 38.6 Å². The summed E-state index contributed by atoms with van der Waals surface area (Å²) in [6, 6.07) is 8.37. The van der Waals surface area contributed by atoms with Gasteiger partial charge in [-0.2, -0.15) is 0 Å². The van der Waals surface area contributed by atoms with Crippen LogP contribution in [0.5, 0.6) is 28.7 Å². The maximum atomic E-state index is 13.6. The van der Waals surface area contributed by atoms with Gasteiger partial charge in [-0.1, -0.05) is 30.0 Å². The third-order valence-corrected chi connectivity index (χ3v) is 7.96. The number of thiocarbonyl (C=S) groups is 1. The van der Waals surface area contributed by atoms with Crippen molar-refractivity contribution in [1.29, 1.82) is 0 Å². The molecule has 0 saturated carbocycles. The lowest BCUT2D eigenvalue weighted by atomic mass is 9.97. The van der Waals surface area contributed by atoms with Crippen molar-refractivity contribution in [2.75, 3.05) is 59.3 Å². The minimum Gasteiger partial charge on any atom is -0.504 e. The number of phenolic OH excluding ortho intramolecular Hbond substituents is 1. The number of amides is 1. The molecule has 0 unspecified atom stereocenters. The maximum Gasteiger partial charge on any atom is 0.308 e. The molecule has 1 N–H and O–H groups in total. The summed E-state index contributed by atoms with van der Waals surface area (Å²) in [5, 5.41) is 10.3. The number of esters is 1. The van der Waals surface area contributed by atoms with Crippen LogP contribution in [0.4, 0.5) is 5.69 Å². The van der Waals surface area contributed by atoms with Crippen molar-refractivity contribution in [1.82, 2.24) is 4.90 Å². The Morgan fingerprint density at radius 3 is 2.10 bits per heavy atom. The van der Waals surface area contributed by atoms with Gasteiger partial charge in [0.05, 0.1) is 59.5 Å². The Labute approximate surface area is 238 Å². The van der Waals surface area contributed by atoms with Gasteiger partial charge in [-0.3, -0.25) is 9.59 Å². The predicted molar refractivity (Wildman–Crippen MR) is 153 cm³/mol. The van der Waals surface area contributed by atoms with Gasteiger partial charge >= 0.3 is 5.97 Å². The van der Waals surface area contributed by atoms with Crippen molar-refractivity contribution in [2.24, 2.45) is 5.92 Å². The van der Waals surface area contributed by atoms with Crippen molar-refractivity contribution in [3.63, 3.8) is 0 Å². The molecule has 1 saturated heterocycles. The van der Waals surface area contributed by atoms with Gasteiger partial charge in [0.1, 0.15) is 4.32 Å². The standard InChI is InChI=1S/C27H34N2O8S2/c1-33-21-7-6-17(12-20(21)30)15-29(19-13-22(34-2)25(36-4)23(14-19)35-3)24(31)16-39-27(38)28-10-8-18(9-11-28)26(32)37-5/h6-7,12-14,18,30H,8-11,15-16H2,1-5H3. The fourth-order valence-electron chi connectivity index (χ4n) is 4.32. The van der Waals surface area contributed by atoms with Crippen LogP contribution in [-0.2, 0) is 20.9 Å². The molecule has 0 bridgehead atoms. The Morgan fingerprint density at radius 1 is 0.974 bits per heavy atom. The molecule has 0 spiro atoms. The average molecular weight is 579 g/mol. The summed E-state index contributed by atoms with van der Waals surface area (Å²) in [4.78, 5) is 29.1. The number of likely N-dealkylation sites (tertiary alicyclic amines) is 1. The number of phenols is 1. The Hall–Kier alpha value is -3.38. The number of ether oxygens (including phenoxy) is 5. The third kappa shape index (κ3) is 7.39. The van der Waals surface area contributed by atoms with Crippen LogP contribution in [-0.4, -0.2) is 80.6 Å². The molecule has 0 radical (unpaired) electrons. The van der Waals surface area contributed by atoms with Crippen LogP contribution < -0.4 is 23.8 Å². The number of aromatic hydroxyl groups is 1. The average Bonchev–Trinajstić information content (AvgIpc) is 2.97. The first-order chi connectivity index (χ1) is 18.8. The summed E-state index contributed by atoms with van der Waals surface area (Å²) in [6.45, 7) is 1.41. The van der Waals surface area contributed by atoms with Gasteiger partial charge in [0.2, 0.25) is 11.7 Å². The topological polar surface area (TPSA) is 107 Å². The van der Waals surface area contributed by atoms with Gasteiger partial charge in [-0.15, -0.1) is 0 Å². The summed E-state index contributed by atoms with van der Waals surface area (Å²) >= 11 is 6.88. The van der Waals surface area contributed by atoms with Crippen molar-refractivity contribution in [3.8, 4) is 28.7 Å². The van der Waals surface area contributed by atoms with E-state index in [2.05, 4.69) is 0 Å². The highest BCUT2D eigenvalue weighted by molar-refractivity contribution is 8.23. The van der Waals surface area contributed by atoms with Crippen LogP contribution in [0.25, 0.3) is 0 Å². The van der Waals surface area contributed by atoms with E-state index in [-0.39, 0.29) is 35.8 Å². The predicted octanol–water partition coefficient (Wildman–Crippen LogP) is 3.86. The van der Waals surface area contributed by atoms with E-state index in [0.29, 0.717) is 64.5 Å². The van der Waals surface area contributed by atoms with Gasteiger partial charge in [0, 0.05) is 25.2 Å². The molecule has 2 aromatic rings. The van der Waals surface area contributed by atoms with Crippen molar-refractivity contribution >= 4 is 45.9 Å². The summed E-state index contributed by atoms with van der Waals surface area (Å²) in [5.74, 6) is 1.05. The largest absolute Gasteiger partial charge is 0.504 e. The second kappa shape index (κ2) is 14.1. The van der Waals surface area contributed by atoms with Crippen LogP contribution in [0.3, 0.4) is 0 Å². The number of carbonyl (C=O) groups excluding carboxylic acids is 2. The SMILES string of the molecule is COC(=O)C1CCN(C(=S)SCC(=O)N(Cc2ccc(OC)c(O)c2)c2cc(OC)c(OC)c(OC)c2)CC1. The Kier molecular flexibility index (Phi) is 10.9. The zero-order chi connectivity index (χ0) is 28.5. The van der Waals surface area contributed by atoms with Gasteiger partial charge in [0.15, 0.2) is 23.0 Å². The molecule has 10 nitrogen and oxygen atoms in total. The van der Waals surface area contributed by atoms with Crippen LogP contribution in [0.2, 0.25) is 0 Å². The van der Waals surface area contributed by atoms with E-state index in [1.165, 1.54) is 47.3 Å². The van der Waals surface area contributed by atoms with E-state index in [1.807, 2.05) is 4.90 Å². The lowest BCUT2D eigenvalue weighted by Crippen LogP contribution is -2.39. The van der Waals surface area contributed by atoms with Crippen LogP contribution in [0, 0.1) is 5.92 Å². The van der Waals surface area contributed by atoms with Gasteiger partial charge in [-0.05, 0) is 30.5 Å². The number of anilines is 1. The van der Waals surface area contributed by atoms with E-state index < -0.39 is 0 Å². The van der Waals surface area contributed by atoms with Crippen molar-refractivity contribution < 1.29 is 38.4 Å². The zero-order valence-corrected chi connectivity index (χ0v) is 24.4. The molecule has 1 amide bonds. The van der Waals surface area contributed by atoms with Gasteiger partial charge in [0.25, 0.3) is 0 Å². The first-order valence-corrected chi connectivity index (χ1v) is 13.6. The molecule has 0 aliphatic carbocycles. The van der Waals surface area contributed by atoms with Crippen LogP contribution in [0.1, 0.15) is 18.4 Å².